The summed E-state index contributed by atoms with van der Waals surface area (Å²) in [6, 6.07) is 3.42. The predicted molar refractivity (Wildman–Crippen MR) is 48.5 cm³/mol. The fourth-order valence-corrected chi connectivity index (χ4v) is 1.45. The van der Waals surface area contributed by atoms with E-state index in [0.29, 0.717) is 5.88 Å². The molecule has 0 radical (unpaired) electrons. The molecular weight excluding hydrogens is 168 g/mol. The largest absolute Gasteiger partial charge is 0.449 e. The number of likely N-dealkylation sites (tertiary alicyclic amines) is 1. The van der Waals surface area contributed by atoms with Gasteiger partial charge in [-0.1, -0.05) is 0 Å². The van der Waals surface area contributed by atoms with E-state index in [4.69, 9.17) is 4.42 Å². The van der Waals surface area contributed by atoms with Crippen molar-refractivity contribution in [3.63, 3.8) is 0 Å². The Bertz CT molecular complexity index is 276. The average molecular weight is 180 g/mol. The fourth-order valence-electron chi connectivity index (χ4n) is 1.45. The molecule has 1 aliphatic rings. The van der Waals surface area contributed by atoms with Crippen molar-refractivity contribution in [3.8, 4) is 0 Å². The molecule has 2 heterocycles. The maximum Gasteiger partial charge on any atom is 0.324 e. The summed E-state index contributed by atoms with van der Waals surface area (Å²) in [5.74, 6) is 0.511. The van der Waals surface area contributed by atoms with Gasteiger partial charge >= 0.3 is 6.03 Å². The zero-order valence-electron chi connectivity index (χ0n) is 7.32. The summed E-state index contributed by atoms with van der Waals surface area (Å²) in [5, 5.41) is 2.68. The number of amides is 2. The monoisotopic (exact) mass is 180 g/mol. The Morgan fingerprint density at radius 2 is 2.23 bits per heavy atom. The first-order valence-electron chi connectivity index (χ1n) is 4.46. The van der Waals surface area contributed by atoms with E-state index in [1.807, 2.05) is 0 Å². The van der Waals surface area contributed by atoms with Crippen molar-refractivity contribution >= 4 is 11.9 Å². The maximum absolute atomic E-state index is 11.5. The highest BCUT2D eigenvalue weighted by atomic mass is 16.3. The van der Waals surface area contributed by atoms with Gasteiger partial charge < -0.3 is 9.32 Å². The minimum atomic E-state index is -0.0625. The lowest BCUT2D eigenvalue weighted by Gasteiger charge is -2.14. The second-order valence-electron chi connectivity index (χ2n) is 3.10. The Labute approximate surface area is 76.5 Å². The van der Waals surface area contributed by atoms with Crippen LogP contribution in [0.4, 0.5) is 10.7 Å². The van der Waals surface area contributed by atoms with Gasteiger partial charge in [-0.2, -0.15) is 0 Å². The van der Waals surface area contributed by atoms with Gasteiger partial charge in [0.05, 0.1) is 6.26 Å². The summed E-state index contributed by atoms with van der Waals surface area (Å²) in [5.41, 5.74) is 0. The molecule has 0 unspecified atom stereocenters. The molecule has 0 spiro atoms. The Kier molecular flexibility index (Phi) is 2.21. The molecule has 4 nitrogen and oxygen atoms in total. The van der Waals surface area contributed by atoms with Crippen LogP contribution in [0.3, 0.4) is 0 Å². The Morgan fingerprint density at radius 1 is 1.46 bits per heavy atom. The third-order valence-corrected chi connectivity index (χ3v) is 2.14. The van der Waals surface area contributed by atoms with Crippen LogP contribution in [0.5, 0.6) is 0 Å². The predicted octanol–water partition coefficient (Wildman–Crippen LogP) is 1.91. The van der Waals surface area contributed by atoms with Crippen molar-refractivity contribution in [1.29, 1.82) is 0 Å². The number of hydrogen-bond acceptors (Lipinski definition) is 2. The first-order valence-corrected chi connectivity index (χ1v) is 4.46. The Morgan fingerprint density at radius 3 is 2.85 bits per heavy atom. The average Bonchev–Trinajstić information content (AvgIpc) is 2.74. The summed E-state index contributed by atoms with van der Waals surface area (Å²) in [7, 11) is 0. The van der Waals surface area contributed by atoms with Crippen molar-refractivity contribution in [2.45, 2.75) is 12.8 Å². The molecule has 1 aromatic heterocycles. The minimum Gasteiger partial charge on any atom is -0.449 e. The summed E-state index contributed by atoms with van der Waals surface area (Å²) < 4.78 is 5.01. The number of rotatable bonds is 1. The van der Waals surface area contributed by atoms with Crippen LogP contribution in [-0.4, -0.2) is 24.0 Å². The molecule has 2 rings (SSSR count). The Hall–Kier alpha value is -1.45. The first kappa shape index (κ1) is 8.16. The van der Waals surface area contributed by atoms with Crippen LogP contribution >= 0.6 is 0 Å². The van der Waals surface area contributed by atoms with E-state index < -0.39 is 0 Å². The van der Waals surface area contributed by atoms with Crippen LogP contribution in [0.25, 0.3) is 0 Å². The first-order chi connectivity index (χ1) is 6.36. The van der Waals surface area contributed by atoms with Gasteiger partial charge in [0.15, 0.2) is 0 Å². The van der Waals surface area contributed by atoms with Crippen molar-refractivity contribution in [1.82, 2.24) is 4.90 Å². The van der Waals surface area contributed by atoms with Crippen LogP contribution in [0.15, 0.2) is 22.8 Å². The van der Waals surface area contributed by atoms with Crippen LogP contribution in [-0.2, 0) is 0 Å². The third-order valence-electron chi connectivity index (χ3n) is 2.14. The van der Waals surface area contributed by atoms with Crippen molar-refractivity contribution in [2.24, 2.45) is 0 Å². The number of nitrogens with zero attached hydrogens (tertiary/aromatic N) is 1. The summed E-state index contributed by atoms with van der Waals surface area (Å²) in [6.45, 7) is 1.71. The van der Waals surface area contributed by atoms with E-state index in [2.05, 4.69) is 5.32 Å². The minimum absolute atomic E-state index is 0.0625. The number of furan rings is 1. The quantitative estimate of drug-likeness (QED) is 0.717. The second-order valence-corrected chi connectivity index (χ2v) is 3.10. The molecule has 1 aliphatic heterocycles. The number of carbonyl (C=O) groups is 1. The Balaban J connectivity index is 1.91. The van der Waals surface area contributed by atoms with E-state index in [0.717, 1.165) is 25.9 Å². The lowest BCUT2D eigenvalue weighted by molar-refractivity contribution is 0.222. The molecule has 0 saturated carbocycles. The molecule has 70 valence electrons. The van der Waals surface area contributed by atoms with E-state index in [9.17, 15) is 4.79 Å². The van der Waals surface area contributed by atoms with Gasteiger partial charge in [-0.15, -0.1) is 0 Å². The normalized spacial score (nSPS) is 16.2. The second kappa shape index (κ2) is 3.51. The van der Waals surface area contributed by atoms with Gasteiger partial charge in [0, 0.05) is 19.2 Å². The number of nitrogens with one attached hydrogen (secondary N) is 1. The van der Waals surface area contributed by atoms with Gasteiger partial charge in [-0.25, -0.2) is 4.79 Å². The molecule has 1 aromatic rings. The van der Waals surface area contributed by atoms with E-state index >= 15 is 0 Å². The third kappa shape index (κ3) is 1.83. The number of urea groups is 1. The molecule has 0 bridgehead atoms. The van der Waals surface area contributed by atoms with Gasteiger partial charge in [0.25, 0.3) is 0 Å². The van der Waals surface area contributed by atoms with E-state index in [-0.39, 0.29) is 6.03 Å². The van der Waals surface area contributed by atoms with Gasteiger partial charge in [0.1, 0.15) is 0 Å². The number of carbonyl (C=O) groups excluding carboxylic acids is 1. The van der Waals surface area contributed by atoms with Crippen molar-refractivity contribution in [2.75, 3.05) is 18.4 Å². The maximum atomic E-state index is 11.5. The molecule has 4 heteroatoms. The zero-order chi connectivity index (χ0) is 9.10. The highest BCUT2D eigenvalue weighted by Gasteiger charge is 2.17. The van der Waals surface area contributed by atoms with E-state index in [1.165, 1.54) is 0 Å². The lowest BCUT2D eigenvalue weighted by atomic mass is 10.4. The summed E-state index contributed by atoms with van der Waals surface area (Å²) >= 11 is 0. The number of hydrogen-bond donors (Lipinski definition) is 1. The molecule has 1 fully saturated rings. The van der Waals surface area contributed by atoms with Crippen LogP contribution < -0.4 is 5.32 Å². The topological polar surface area (TPSA) is 45.5 Å². The zero-order valence-corrected chi connectivity index (χ0v) is 7.32. The van der Waals surface area contributed by atoms with E-state index in [1.54, 1.807) is 23.3 Å². The van der Waals surface area contributed by atoms with Crippen LogP contribution in [0.2, 0.25) is 0 Å². The van der Waals surface area contributed by atoms with Crippen molar-refractivity contribution < 1.29 is 9.21 Å². The lowest BCUT2D eigenvalue weighted by Crippen LogP contribution is -2.31. The molecule has 13 heavy (non-hydrogen) atoms. The fraction of sp³-hybridized carbons (Fsp3) is 0.444. The SMILES string of the molecule is O=C(Nc1ccco1)N1CCCC1. The van der Waals surface area contributed by atoms with Crippen LogP contribution in [0.1, 0.15) is 12.8 Å². The van der Waals surface area contributed by atoms with Gasteiger partial charge in [-0.05, 0) is 18.9 Å². The summed E-state index contributed by atoms with van der Waals surface area (Å²) in [6.07, 6.45) is 3.75. The molecular formula is C9H12N2O2. The molecule has 0 aliphatic carbocycles. The smallest absolute Gasteiger partial charge is 0.324 e. The van der Waals surface area contributed by atoms with Gasteiger partial charge in [-0.3, -0.25) is 5.32 Å². The van der Waals surface area contributed by atoms with Crippen LogP contribution in [0, 0.1) is 0 Å². The number of anilines is 1. The highest BCUT2D eigenvalue weighted by Crippen LogP contribution is 2.11. The molecule has 1 saturated heterocycles. The highest BCUT2D eigenvalue weighted by molar-refractivity contribution is 5.87. The molecule has 1 N–H and O–H groups in total. The van der Waals surface area contributed by atoms with Gasteiger partial charge in [0.2, 0.25) is 5.88 Å². The standard InChI is InChI=1S/C9H12N2O2/c12-9(11-5-1-2-6-11)10-8-4-3-7-13-8/h3-4,7H,1-2,5-6H2,(H,10,12). The molecule has 0 aromatic carbocycles. The molecule has 0 atom stereocenters. The summed E-state index contributed by atoms with van der Waals surface area (Å²) in [4.78, 5) is 13.3. The molecule has 2 amide bonds. The van der Waals surface area contributed by atoms with Crippen molar-refractivity contribution in [3.05, 3.63) is 18.4 Å².